The van der Waals surface area contributed by atoms with Crippen molar-refractivity contribution in [2.75, 3.05) is 31.1 Å². The minimum atomic E-state index is -0.594. The second-order valence-electron chi connectivity index (χ2n) is 5.65. The average molecular weight is 403 g/mol. The van der Waals surface area contributed by atoms with Crippen molar-refractivity contribution in [1.29, 1.82) is 0 Å². The second kappa shape index (κ2) is 9.88. The molecular formula is C18H22Cl3N3O. The van der Waals surface area contributed by atoms with Gasteiger partial charge in [0.15, 0.2) is 0 Å². The van der Waals surface area contributed by atoms with Crippen molar-refractivity contribution in [2.24, 2.45) is 5.73 Å². The summed E-state index contributed by atoms with van der Waals surface area (Å²) in [6.07, 6.45) is 0. The highest BCUT2D eigenvalue weighted by atomic mass is 35.5. The Balaban J connectivity index is 0.00000156. The molecule has 1 heterocycles. The van der Waals surface area contributed by atoms with Crippen molar-refractivity contribution in [3.8, 4) is 0 Å². The van der Waals surface area contributed by atoms with Crippen LogP contribution in [0, 0.1) is 0 Å². The molecule has 1 atom stereocenters. The van der Waals surface area contributed by atoms with Gasteiger partial charge in [-0.25, -0.2) is 0 Å². The van der Waals surface area contributed by atoms with Crippen LogP contribution in [-0.4, -0.2) is 37.0 Å². The van der Waals surface area contributed by atoms with Crippen LogP contribution in [0.25, 0.3) is 0 Å². The Labute approximate surface area is 165 Å². The summed E-state index contributed by atoms with van der Waals surface area (Å²) in [6.45, 7) is 2.84. The van der Waals surface area contributed by atoms with Crippen LogP contribution in [-0.2, 0) is 4.79 Å². The summed E-state index contributed by atoms with van der Waals surface area (Å²) in [5.41, 5.74) is 7.99. The number of hydrogen-bond donors (Lipinski definition) is 1. The van der Waals surface area contributed by atoms with Crippen molar-refractivity contribution >= 4 is 48.0 Å². The van der Waals surface area contributed by atoms with Gasteiger partial charge in [0.1, 0.15) is 6.04 Å². The van der Waals surface area contributed by atoms with Crippen molar-refractivity contribution in [3.05, 3.63) is 65.2 Å². The maximum absolute atomic E-state index is 12.6. The lowest BCUT2D eigenvalue weighted by Gasteiger charge is -2.37. The molecule has 1 amide bonds. The van der Waals surface area contributed by atoms with Gasteiger partial charge in [-0.2, -0.15) is 0 Å². The number of nitrogens with zero attached hydrogens (tertiary/aromatic N) is 2. The van der Waals surface area contributed by atoms with Crippen LogP contribution in [0.15, 0.2) is 54.6 Å². The monoisotopic (exact) mass is 401 g/mol. The number of rotatable bonds is 3. The molecule has 4 nitrogen and oxygen atoms in total. The van der Waals surface area contributed by atoms with Gasteiger partial charge in [0, 0.05) is 26.2 Å². The first-order valence-electron chi connectivity index (χ1n) is 7.75. The Hall–Kier alpha value is -1.46. The number of nitrogens with two attached hydrogens (primary N) is 1. The first kappa shape index (κ1) is 21.6. The summed E-state index contributed by atoms with van der Waals surface area (Å²) in [6, 6.07) is 16.7. The van der Waals surface area contributed by atoms with Gasteiger partial charge < -0.3 is 15.5 Å². The average Bonchev–Trinajstić information content (AvgIpc) is 2.62. The summed E-state index contributed by atoms with van der Waals surface area (Å²) < 4.78 is 0. The van der Waals surface area contributed by atoms with Crippen molar-refractivity contribution < 1.29 is 4.79 Å². The summed E-state index contributed by atoms with van der Waals surface area (Å²) in [5, 5.41) is 0.744. The van der Waals surface area contributed by atoms with Gasteiger partial charge in [-0.15, -0.1) is 24.8 Å². The Morgan fingerprint density at radius 3 is 2.08 bits per heavy atom. The number of carbonyl (C=O) groups excluding carboxylic acids is 1. The number of carbonyl (C=O) groups is 1. The zero-order chi connectivity index (χ0) is 16.2. The molecule has 2 aromatic rings. The Morgan fingerprint density at radius 1 is 0.920 bits per heavy atom. The number of anilines is 1. The van der Waals surface area contributed by atoms with Gasteiger partial charge in [0.05, 0.1) is 10.7 Å². The third kappa shape index (κ3) is 5.02. The maximum atomic E-state index is 12.6. The molecule has 1 aliphatic heterocycles. The lowest BCUT2D eigenvalue weighted by molar-refractivity contribution is -0.133. The number of amides is 1. The van der Waals surface area contributed by atoms with E-state index in [-0.39, 0.29) is 30.7 Å². The maximum Gasteiger partial charge on any atom is 0.244 e. The van der Waals surface area contributed by atoms with E-state index in [0.717, 1.165) is 29.4 Å². The van der Waals surface area contributed by atoms with Crippen LogP contribution in [0.3, 0.4) is 0 Å². The predicted octanol–water partition coefficient (Wildman–Crippen LogP) is 3.53. The van der Waals surface area contributed by atoms with E-state index in [2.05, 4.69) is 4.90 Å². The van der Waals surface area contributed by atoms with E-state index in [1.165, 1.54) is 0 Å². The van der Waals surface area contributed by atoms with Crippen LogP contribution in [0.1, 0.15) is 11.6 Å². The van der Waals surface area contributed by atoms with Crippen molar-refractivity contribution in [3.63, 3.8) is 0 Å². The van der Waals surface area contributed by atoms with Gasteiger partial charge in [0.2, 0.25) is 5.91 Å². The second-order valence-corrected chi connectivity index (χ2v) is 6.06. The highest BCUT2D eigenvalue weighted by Gasteiger charge is 2.26. The fourth-order valence-electron chi connectivity index (χ4n) is 2.88. The lowest BCUT2D eigenvalue weighted by atomic mass is 10.1. The van der Waals surface area contributed by atoms with Crippen LogP contribution >= 0.6 is 36.4 Å². The molecule has 3 rings (SSSR count). The van der Waals surface area contributed by atoms with Crippen LogP contribution in [0.4, 0.5) is 5.69 Å². The third-order valence-electron chi connectivity index (χ3n) is 4.21. The minimum absolute atomic E-state index is 0. The molecule has 0 radical (unpaired) electrons. The standard InChI is InChI=1S/C18H20ClN3O.2ClH/c19-15-8-4-5-9-16(15)21-10-12-22(13-11-21)18(23)17(20)14-6-2-1-3-7-14;;/h1-9,17H,10-13,20H2;2*1H. The summed E-state index contributed by atoms with van der Waals surface area (Å²) in [5.74, 6) is -0.0185. The Morgan fingerprint density at radius 2 is 1.48 bits per heavy atom. The van der Waals surface area contributed by atoms with Crippen molar-refractivity contribution in [1.82, 2.24) is 4.90 Å². The van der Waals surface area contributed by atoms with Gasteiger partial charge in [-0.05, 0) is 17.7 Å². The molecule has 1 saturated heterocycles. The first-order chi connectivity index (χ1) is 11.2. The molecule has 25 heavy (non-hydrogen) atoms. The summed E-state index contributed by atoms with van der Waals surface area (Å²) in [4.78, 5) is 16.6. The number of benzene rings is 2. The van der Waals surface area contributed by atoms with E-state index in [9.17, 15) is 4.79 Å². The third-order valence-corrected chi connectivity index (χ3v) is 4.53. The number of halogens is 3. The smallest absolute Gasteiger partial charge is 0.244 e. The zero-order valence-electron chi connectivity index (χ0n) is 13.7. The van der Waals surface area contributed by atoms with E-state index in [0.29, 0.717) is 13.1 Å². The van der Waals surface area contributed by atoms with Gasteiger partial charge >= 0.3 is 0 Å². The van der Waals surface area contributed by atoms with Gasteiger partial charge in [-0.3, -0.25) is 4.79 Å². The first-order valence-corrected chi connectivity index (χ1v) is 8.13. The molecule has 0 saturated carbocycles. The number of para-hydroxylation sites is 1. The molecule has 0 spiro atoms. The molecule has 1 aliphatic rings. The molecule has 1 fully saturated rings. The zero-order valence-corrected chi connectivity index (χ0v) is 16.1. The molecule has 1 unspecified atom stereocenters. The quantitative estimate of drug-likeness (QED) is 0.854. The van der Waals surface area contributed by atoms with E-state index < -0.39 is 6.04 Å². The fraction of sp³-hybridized carbons (Fsp3) is 0.278. The van der Waals surface area contributed by atoms with Crippen molar-refractivity contribution in [2.45, 2.75) is 6.04 Å². The Kier molecular flexibility index (Phi) is 8.53. The van der Waals surface area contributed by atoms with Crippen LogP contribution < -0.4 is 10.6 Å². The molecule has 2 N–H and O–H groups in total. The lowest BCUT2D eigenvalue weighted by Crippen LogP contribution is -2.51. The molecule has 7 heteroatoms. The van der Waals surface area contributed by atoms with Crippen LogP contribution in [0.2, 0.25) is 5.02 Å². The molecule has 0 aliphatic carbocycles. The number of hydrogen-bond acceptors (Lipinski definition) is 3. The Bertz CT molecular complexity index is 676. The van der Waals surface area contributed by atoms with Crippen LogP contribution in [0.5, 0.6) is 0 Å². The highest BCUT2D eigenvalue weighted by molar-refractivity contribution is 6.33. The predicted molar refractivity (Wildman–Crippen MR) is 108 cm³/mol. The topological polar surface area (TPSA) is 49.6 Å². The van der Waals surface area contributed by atoms with E-state index in [1.54, 1.807) is 0 Å². The van der Waals surface area contributed by atoms with E-state index in [4.69, 9.17) is 17.3 Å². The SMILES string of the molecule is Cl.Cl.NC(C(=O)N1CCN(c2ccccc2Cl)CC1)c1ccccc1. The molecule has 0 bridgehead atoms. The molecular weight excluding hydrogens is 381 g/mol. The highest BCUT2D eigenvalue weighted by Crippen LogP contribution is 2.26. The number of piperazine rings is 1. The largest absolute Gasteiger partial charge is 0.367 e. The minimum Gasteiger partial charge on any atom is -0.367 e. The molecule has 2 aromatic carbocycles. The summed E-state index contributed by atoms with van der Waals surface area (Å²) in [7, 11) is 0. The van der Waals surface area contributed by atoms with E-state index in [1.807, 2.05) is 59.5 Å². The molecule has 136 valence electrons. The fourth-order valence-corrected chi connectivity index (χ4v) is 3.13. The van der Waals surface area contributed by atoms with Gasteiger partial charge in [0.25, 0.3) is 0 Å². The summed E-state index contributed by atoms with van der Waals surface area (Å²) >= 11 is 6.24. The van der Waals surface area contributed by atoms with E-state index >= 15 is 0 Å². The normalized spacial score (nSPS) is 15.0. The van der Waals surface area contributed by atoms with Gasteiger partial charge in [-0.1, -0.05) is 54.1 Å². The molecule has 0 aromatic heterocycles.